The molecule has 0 aromatic rings. The van der Waals surface area contributed by atoms with Gasteiger partial charge in [0.25, 0.3) is 0 Å². The molecule has 1 amide bonds. The number of nitrogens with zero attached hydrogens (tertiary/aromatic N) is 2. The maximum atomic E-state index is 12.3. The fourth-order valence-corrected chi connectivity index (χ4v) is 4.22. The fraction of sp³-hybridized carbons (Fsp3) is 0.923. The van der Waals surface area contributed by atoms with Crippen LogP contribution in [0.15, 0.2) is 0 Å². The zero-order valence-corrected chi connectivity index (χ0v) is 11.8. The normalized spacial score (nSPS) is 33.4. The van der Waals surface area contributed by atoms with Gasteiger partial charge in [-0.3, -0.25) is 10.1 Å². The SMILES string of the molecule is O=C(C1CSCN1)N1CCC(CN2CCCC2)C1. The first-order valence-corrected chi connectivity index (χ1v) is 8.30. The van der Waals surface area contributed by atoms with Crippen molar-refractivity contribution in [2.75, 3.05) is 44.4 Å². The number of hydrogen-bond donors (Lipinski definition) is 1. The van der Waals surface area contributed by atoms with Gasteiger partial charge in [-0.15, -0.1) is 11.8 Å². The van der Waals surface area contributed by atoms with E-state index in [1.807, 2.05) is 11.8 Å². The predicted molar refractivity (Wildman–Crippen MR) is 74.6 cm³/mol. The highest BCUT2D eigenvalue weighted by Crippen LogP contribution is 2.22. The number of thioether (sulfide) groups is 1. The standard InChI is InChI=1S/C13H23N3OS/c17-13(12-9-18-10-14-12)16-6-3-11(8-16)7-15-4-1-2-5-15/h11-12,14H,1-10H2. The van der Waals surface area contributed by atoms with Crippen LogP contribution < -0.4 is 5.32 Å². The summed E-state index contributed by atoms with van der Waals surface area (Å²) in [5, 5.41) is 3.28. The highest BCUT2D eigenvalue weighted by molar-refractivity contribution is 7.99. The maximum Gasteiger partial charge on any atom is 0.240 e. The maximum absolute atomic E-state index is 12.3. The van der Waals surface area contributed by atoms with Gasteiger partial charge in [0.1, 0.15) is 0 Å². The Morgan fingerprint density at radius 2 is 2.11 bits per heavy atom. The van der Waals surface area contributed by atoms with Gasteiger partial charge in [0, 0.05) is 31.3 Å². The van der Waals surface area contributed by atoms with Crippen molar-refractivity contribution in [3.05, 3.63) is 0 Å². The lowest BCUT2D eigenvalue weighted by molar-refractivity contribution is -0.131. The first kappa shape index (κ1) is 12.8. The number of carbonyl (C=O) groups is 1. The summed E-state index contributed by atoms with van der Waals surface area (Å²) in [7, 11) is 0. The number of likely N-dealkylation sites (tertiary alicyclic amines) is 2. The highest BCUT2D eigenvalue weighted by Gasteiger charge is 2.33. The third-order valence-corrected chi connectivity index (χ3v) is 5.27. The van der Waals surface area contributed by atoms with E-state index in [4.69, 9.17) is 0 Å². The smallest absolute Gasteiger partial charge is 0.240 e. The molecule has 3 rings (SSSR count). The summed E-state index contributed by atoms with van der Waals surface area (Å²) >= 11 is 1.83. The van der Waals surface area contributed by atoms with Gasteiger partial charge >= 0.3 is 0 Å². The van der Waals surface area contributed by atoms with Crippen LogP contribution in [0.5, 0.6) is 0 Å². The van der Waals surface area contributed by atoms with Crippen molar-refractivity contribution in [2.45, 2.75) is 25.3 Å². The van der Waals surface area contributed by atoms with E-state index in [9.17, 15) is 4.79 Å². The average molecular weight is 269 g/mol. The van der Waals surface area contributed by atoms with Crippen LogP contribution in [-0.2, 0) is 4.79 Å². The Morgan fingerprint density at radius 3 is 2.83 bits per heavy atom. The van der Waals surface area contributed by atoms with Crippen molar-refractivity contribution in [2.24, 2.45) is 5.92 Å². The van der Waals surface area contributed by atoms with E-state index >= 15 is 0 Å². The minimum absolute atomic E-state index is 0.0838. The second kappa shape index (κ2) is 5.80. The Kier molecular flexibility index (Phi) is 4.11. The Balaban J connectivity index is 1.46. The third-order valence-electron chi connectivity index (χ3n) is 4.33. The number of amides is 1. The van der Waals surface area contributed by atoms with Crippen LogP contribution in [0, 0.1) is 5.92 Å². The molecule has 0 aliphatic carbocycles. The molecule has 2 unspecified atom stereocenters. The van der Waals surface area contributed by atoms with Gasteiger partial charge in [0.05, 0.1) is 6.04 Å². The first-order chi connectivity index (χ1) is 8.83. The lowest BCUT2D eigenvalue weighted by atomic mass is 10.1. The van der Waals surface area contributed by atoms with Crippen LogP contribution in [0.25, 0.3) is 0 Å². The molecule has 2 atom stereocenters. The predicted octanol–water partition coefficient (Wildman–Crippen LogP) is 0.593. The summed E-state index contributed by atoms with van der Waals surface area (Å²) in [6, 6.07) is 0.0838. The molecular formula is C13H23N3OS. The van der Waals surface area contributed by atoms with Gasteiger partial charge in [-0.2, -0.15) is 0 Å². The second-order valence-corrected chi connectivity index (χ2v) is 6.75. The Labute approximate surface area is 113 Å². The molecule has 102 valence electrons. The quantitative estimate of drug-likeness (QED) is 0.813. The van der Waals surface area contributed by atoms with Crippen LogP contribution in [-0.4, -0.2) is 66.1 Å². The monoisotopic (exact) mass is 269 g/mol. The van der Waals surface area contributed by atoms with Crippen molar-refractivity contribution in [3.8, 4) is 0 Å². The van der Waals surface area contributed by atoms with Crippen LogP contribution in [0.4, 0.5) is 0 Å². The van der Waals surface area contributed by atoms with Gasteiger partial charge in [-0.25, -0.2) is 0 Å². The minimum Gasteiger partial charge on any atom is -0.341 e. The molecule has 18 heavy (non-hydrogen) atoms. The molecule has 0 bridgehead atoms. The summed E-state index contributed by atoms with van der Waals surface area (Å²) < 4.78 is 0. The molecule has 3 saturated heterocycles. The van der Waals surface area contributed by atoms with Crippen molar-refractivity contribution in [1.82, 2.24) is 15.1 Å². The van der Waals surface area contributed by atoms with Gasteiger partial charge in [-0.1, -0.05) is 0 Å². The van der Waals surface area contributed by atoms with E-state index in [1.165, 1.54) is 38.9 Å². The molecule has 3 aliphatic heterocycles. The van der Waals surface area contributed by atoms with E-state index in [1.54, 1.807) is 0 Å². The number of carbonyl (C=O) groups excluding carboxylic acids is 1. The molecule has 4 nitrogen and oxygen atoms in total. The van der Waals surface area contributed by atoms with E-state index in [0.717, 1.165) is 24.7 Å². The molecule has 0 aromatic heterocycles. The van der Waals surface area contributed by atoms with Crippen LogP contribution in [0.2, 0.25) is 0 Å². The van der Waals surface area contributed by atoms with Gasteiger partial charge < -0.3 is 9.80 Å². The average Bonchev–Trinajstić information content (AvgIpc) is 3.11. The topological polar surface area (TPSA) is 35.6 Å². The largest absolute Gasteiger partial charge is 0.341 e. The van der Waals surface area contributed by atoms with Crippen molar-refractivity contribution in [3.63, 3.8) is 0 Å². The summed E-state index contributed by atoms with van der Waals surface area (Å²) in [6.45, 7) is 5.70. The number of nitrogens with one attached hydrogen (secondary N) is 1. The highest BCUT2D eigenvalue weighted by atomic mass is 32.2. The summed E-state index contributed by atoms with van der Waals surface area (Å²) in [6.07, 6.45) is 3.92. The van der Waals surface area contributed by atoms with Gasteiger partial charge in [-0.05, 0) is 38.3 Å². The lowest BCUT2D eigenvalue weighted by Crippen LogP contribution is -2.44. The second-order valence-electron chi connectivity index (χ2n) is 5.72. The Hall–Kier alpha value is -0.260. The van der Waals surface area contributed by atoms with E-state index in [-0.39, 0.29) is 6.04 Å². The molecule has 1 N–H and O–H groups in total. The van der Waals surface area contributed by atoms with Gasteiger partial charge in [0.15, 0.2) is 0 Å². The van der Waals surface area contributed by atoms with E-state index in [0.29, 0.717) is 11.8 Å². The lowest BCUT2D eigenvalue weighted by Gasteiger charge is -2.22. The van der Waals surface area contributed by atoms with Crippen LogP contribution in [0.1, 0.15) is 19.3 Å². The van der Waals surface area contributed by atoms with Crippen molar-refractivity contribution >= 4 is 17.7 Å². The zero-order valence-electron chi connectivity index (χ0n) is 10.9. The molecule has 0 radical (unpaired) electrons. The number of rotatable bonds is 3. The molecule has 0 aromatic carbocycles. The van der Waals surface area contributed by atoms with Crippen molar-refractivity contribution in [1.29, 1.82) is 0 Å². The Morgan fingerprint density at radius 1 is 1.28 bits per heavy atom. The molecular weight excluding hydrogens is 246 g/mol. The fourth-order valence-electron chi connectivity index (χ4n) is 3.29. The van der Waals surface area contributed by atoms with Crippen LogP contribution in [0.3, 0.4) is 0 Å². The molecule has 3 fully saturated rings. The van der Waals surface area contributed by atoms with Gasteiger partial charge in [0.2, 0.25) is 5.91 Å². The van der Waals surface area contributed by atoms with E-state index in [2.05, 4.69) is 15.1 Å². The third kappa shape index (κ3) is 2.83. The minimum atomic E-state index is 0.0838. The molecule has 3 aliphatic rings. The van der Waals surface area contributed by atoms with Crippen LogP contribution >= 0.6 is 11.8 Å². The molecule has 0 saturated carbocycles. The first-order valence-electron chi connectivity index (χ1n) is 7.15. The molecule has 3 heterocycles. The Bertz CT molecular complexity index is 301. The number of hydrogen-bond acceptors (Lipinski definition) is 4. The summed E-state index contributed by atoms with van der Waals surface area (Å²) in [4.78, 5) is 16.9. The van der Waals surface area contributed by atoms with E-state index < -0.39 is 0 Å². The summed E-state index contributed by atoms with van der Waals surface area (Å²) in [5.41, 5.74) is 0. The molecule has 0 spiro atoms. The molecule has 5 heteroatoms. The summed E-state index contributed by atoms with van der Waals surface area (Å²) in [5.74, 6) is 2.93. The van der Waals surface area contributed by atoms with Crippen molar-refractivity contribution < 1.29 is 4.79 Å². The zero-order chi connectivity index (χ0) is 12.4.